The van der Waals surface area contributed by atoms with Crippen LogP contribution in [0.15, 0.2) is 18.2 Å². The maximum Gasteiger partial charge on any atom is 0.337 e. The van der Waals surface area contributed by atoms with Crippen LogP contribution < -0.4 is 0 Å². The number of hydrogen-bond acceptors (Lipinski definition) is 3. The molecule has 0 aromatic heterocycles. The molecule has 1 N–H and O–H groups in total. The van der Waals surface area contributed by atoms with Crippen molar-refractivity contribution in [2.75, 3.05) is 7.11 Å². The molecule has 1 unspecified atom stereocenters. The quantitative estimate of drug-likeness (QED) is 0.826. The molecule has 1 aromatic rings. The third kappa shape index (κ3) is 2.97. The molecule has 1 rings (SSSR count). The first kappa shape index (κ1) is 13.0. The highest BCUT2D eigenvalue weighted by Crippen LogP contribution is 2.20. The molecule has 0 fully saturated rings. The zero-order valence-electron chi connectivity index (χ0n) is 9.58. The fourth-order valence-corrected chi connectivity index (χ4v) is 1.75. The van der Waals surface area contributed by atoms with Crippen LogP contribution in [0.5, 0.6) is 0 Å². The highest BCUT2D eigenvalue weighted by molar-refractivity contribution is 6.30. The number of hydrogen-bond donors (Lipinski definition) is 1. The van der Waals surface area contributed by atoms with E-state index >= 15 is 0 Å². The van der Waals surface area contributed by atoms with Crippen LogP contribution in [0.1, 0.15) is 18.1 Å². The van der Waals surface area contributed by atoms with Gasteiger partial charge in [-0.2, -0.15) is 0 Å². The predicted molar refractivity (Wildman–Crippen MR) is 62.5 cm³/mol. The molecule has 1 aromatic carbocycles. The monoisotopic (exact) mass is 242 g/mol. The van der Waals surface area contributed by atoms with Crippen molar-refractivity contribution >= 4 is 17.6 Å². The van der Waals surface area contributed by atoms with Crippen molar-refractivity contribution < 1.29 is 14.6 Å². The summed E-state index contributed by atoms with van der Waals surface area (Å²) in [4.78, 5) is 11.3. The third-order valence-electron chi connectivity index (χ3n) is 2.46. The highest BCUT2D eigenvalue weighted by Gasteiger charge is 2.31. The molecule has 4 heteroatoms. The van der Waals surface area contributed by atoms with Crippen LogP contribution >= 0.6 is 11.6 Å². The highest BCUT2D eigenvalue weighted by atomic mass is 35.5. The second-order valence-electron chi connectivity index (χ2n) is 4.01. The van der Waals surface area contributed by atoms with Gasteiger partial charge >= 0.3 is 5.97 Å². The van der Waals surface area contributed by atoms with E-state index in [4.69, 9.17) is 11.6 Å². The maximum atomic E-state index is 11.3. The van der Waals surface area contributed by atoms with E-state index in [0.29, 0.717) is 5.02 Å². The summed E-state index contributed by atoms with van der Waals surface area (Å²) in [7, 11) is 1.26. The van der Waals surface area contributed by atoms with Crippen LogP contribution in [-0.2, 0) is 16.0 Å². The second kappa shape index (κ2) is 4.85. The minimum Gasteiger partial charge on any atom is -0.467 e. The molecule has 0 saturated heterocycles. The number of ether oxygens (including phenoxy) is 1. The number of carbonyl (C=O) groups is 1. The van der Waals surface area contributed by atoms with E-state index in [0.717, 1.165) is 11.1 Å². The Balaban J connectivity index is 2.92. The van der Waals surface area contributed by atoms with Gasteiger partial charge in [0.25, 0.3) is 0 Å². The fraction of sp³-hybridized carbons (Fsp3) is 0.417. The van der Waals surface area contributed by atoms with Crippen molar-refractivity contribution in [1.82, 2.24) is 0 Å². The molecule has 0 heterocycles. The second-order valence-corrected chi connectivity index (χ2v) is 4.45. The first-order chi connectivity index (χ1) is 7.36. The summed E-state index contributed by atoms with van der Waals surface area (Å²) in [5, 5.41) is 10.6. The van der Waals surface area contributed by atoms with Crippen molar-refractivity contribution in [2.24, 2.45) is 0 Å². The zero-order valence-corrected chi connectivity index (χ0v) is 10.3. The van der Waals surface area contributed by atoms with Crippen LogP contribution in [0, 0.1) is 6.92 Å². The number of esters is 1. The van der Waals surface area contributed by atoms with E-state index in [1.165, 1.54) is 14.0 Å². The van der Waals surface area contributed by atoms with Gasteiger partial charge in [0, 0.05) is 11.4 Å². The van der Waals surface area contributed by atoms with E-state index in [1.54, 1.807) is 18.2 Å². The lowest BCUT2D eigenvalue weighted by Gasteiger charge is -2.21. The number of rotatable bonds is 3. The van der Waals surface area contributed by atoms with Crippen LogP contribution in [0.25, 0.3) is 0 Å². The molecule has 0 aliphatic heterocycles. The number of aliphatic hydroxyl groups is 1. The molecule has 0 aliphatic carbocycles. The van der Waals surface area contributed by atoms with Gasteiger partial charge in [-0.05, 0) is 37.1 Å². The Morgan fingerprint density at radius 1 is 1.56 bits per heavy atom. The third-order valence-corrected chi connectivity index (χ3v) is 2.70. The molecule has 0 amide bonds. The smallest absolute Gasteiger partial charge is 0.337 e. The zero-order chi connectivity index (χ0) is 12.3. The molecule has 0 bridgehead atoms. The average Bonchev–Trinajstić information content (AvgIpc) is 2.21. The normalized spacial score (nSPS) is 14.3. The number of benzene rings is 1. The van der Waals surface area contributed by atoms with Gasteiger partial charge in [0.15, 0.2) is 5.60 Å². The van der Waals surface area contributed by atoms with Gasteiger partial charge in [0.2, 0.25) is 0 Å². The molecular weight excluding hydrogens is 228 g/mol. The summed E-state index contributed by atoms with van der Waals surface area (Å²) in [6.45, 7) is 3.32. The van der Waals surface area contributed by atoms with E-state index < -0.39 is 11.6 Å². The molecule has 88 valence electrons. The summed E-state index contributed by atoms with van der Waals surface area (Å²) in [5.74, 6) is -0.637. The first-order valence-electron chi connectivity index (χ1n) is 4.92. The Hall–Kier alpha value is -1.06. The molecule has 16 heavy (non-hydrogen) atoms. The Labute approximate surface area is 100.0 Å². The van der Waals surface area contributed by atoms with Gasteiger partial charge in [-0.25, -0.2) is 4.79 Å². The molecule has 0 aliphatic rings. The Kier molecular flexibility index (Phi) is 3.94. The average molecular weight is 243 g/mol. The first-order valence-corrected chi connectivity index (χ1v) is 5.30. The minimum absolute atomic E-state index is 0.211. The topological polar surface area (TPSA) is 46.5 Å². The minimum atomic E-state index is -1.51. The van der Waals surface area contributed by atoms with Crippen molar-refractivity contribution in [3.63, 3.8) is 0 Å². The lowest BCUT2D eigenvalue weighted by molar-refractivity contribution is -0.160. The standard InChI is InChI=1S/C12H15ClO3/c1-8-6-10(13)5-4-9(8)7-12(2,15)11(14)16-3/h4-6,15H,7H2,1-3H3. The van der Waals surface area contributed by atoms with E-state index in [2.05, 4.69) is 4.74 Å². The van der Waals surface area contributed by atoms with Gasteiger partial charge in [-0.15, -0.1) is 0 Å². The maximum absolute atomic E-state index is 11.3. The summed E-state index contributed by atoms with van der Waals surface area (Å²) < 4.78 is 4.54. The predicted octanol–water partition coefficient (Wildman–Crippen LogP) is 2.11. The van der Waals surface area contributed by atoms with Crippen LogP contribution in [0.4, 0.5) is 0 Å². The molecule has 3 nitrogen and oxygen atoms in total. The number of carbonyl (C=O) groups excluding carboxylic acids is 1. The number of halogens is 1. The number of aryl methyl sites for hydroxylation is 1. The van der Waals surface area contributed by atoms with Crippen molar-refractivity contribution in [3.05, 3.63) is 34.3 Å². The fourth-order valence-electron chi connectivity index (χ4n) is 1.52. The van der Waals surface area contributed by atoms with Crippen molar-refractivity contribution in [1.29, 1.82) is 0 Å². The lowest BCUT2D eigenvalue weighted by atomic mass is 9.94. The van der Waals surface area contributed by atoms with E-state index in [9.17, 15) is 9.90 Å². The lowest BCUT2D eigenvalue weighted by Crippen LogP contribution is -2.38. The molecule has 0 spiro atoms. The van der Waals surface area contributed by atoms with Crippen LogP contribution in [0.3, 0.4) is 0 Å². The molecule has 0 radical (unpaired) electrons. The van der Waals surface area contributed by atoms with Gasteiger partial charge in [-0.3, -0.25) is 0 Å². The summed E-state index contributed by atoms with van der Waals surface area (Å²) in [5.41, 5.74) is 0.310. The summed E-state index contributed by atoms with van der Waals surface area (Å²) >= 11 is 5.82. The van der Waals surface area contributed by atoms with Crippen molar-refractivity contribution in [3.8, 4) is 0 Å². The SMILES string of the molecule is COC(=O)C(C)(O)Cc1ccc(Cl)cc1C. The molecule has 0 saturated carbocycles. The van der Waals surface area contributed by atoms with Gasteiger partial charge in [-0.1, -0.05) is 17.7 Å². The van der Waals surface area contributed by atoms with Crippen LogP contribution in [-0.4, -0.2) is 23.8 Å². The van der Waals surface area contributed by atoms with Crippen LogP contribution in [0.2, 0.25) is 5.02 Å². The van der Waals surface area contributed by atoms with Gasteiger partial charge in [0.1, 0.15) is 0 Å². The van der Waals surface area contributed by atoms with Crippen molar-refractivity contribution in [2.45, 2.75) is 25.9 Å². The Morgan fingerprint density at radius 2 is 2.19 bits per heavy atom. The Bertz CT molecular complexity index is 399. The number of methoxy groups -OCH3 is 1. The largest absolute Gasteiger partial charge is 0.467 e. The van der Waals surface area contributed by atoms with E-state index in [1.807, 2.05) is 6.92 Å². The van der Waals surface area contributed by atoms with E-state index in [-0.39, 0.29) is 6.42 Å². The molecular formula is C12H15ClO3. The molecule has 1 atom stereocenters. The van der Waals surface area contributed by atoms with Gasteiger partial charge < -0.3 is 9.84 Å². The van der Waals surface area contributed by atoms with Gasteiger partial charge in [0.05, 0.1) is 7.11 Å². The Morgan fingerprint density at radius 3 is 2.69 bits per heavy atom. The summed E-state index contributed by atoms with van der Waals surface area (Å²) in [6, 6.07) is 5.33. The summed E-state index contributed by atoms with van der Waals surface area (Å²) in [6.07, 6.45) is 0.211.